The smallest absolute Gasteiger partial charge is 0.336 e. The highest BCUT2D eigenvalue weighted by molar-refractivity contribution is 5.79. The van der Waals surface area contributed by atoms with Gasteiger partial charge in [-0.05, 0) is 11.6 Å². The first kappa shape index (κ1) is 11.7. The van der Waals surface area contributed by atoms with Crippen LogP contribution in [-0.4, -0.2) is 22.3 Å². The lowest BCUT2D eigenvalue weighted by Crippen LogP contribution is -2.33. The SMILES string of the molecule is O=C(O)C(O)C1Oc2ccccc2-c2ccccc21. The number of benzene rings is 2. The fourth-order valence-corrected chi connectivity index (χ4v) is 2.35. The van der Waals surface area contributed by atoms with E-state index >= 15 is 0 Å². The molecule has 2 atom stereocenters. The van der Waals surface area contributed by atoms with E-state index in [9.17, 15) is 9.90 Å². The average molecular weight is 256 g/mol. The van der Waals surface area contributed by atoms with E-state index in [1.807, 2.05) is 30.3 Å². The zero-order valence-corrected chi connectivity index (χ0v) is 9.98. The van der Waals surface area contributed by atoms with Gasteiger partial charge in [-0.25, -0.2) is 4.79 Å². The minimum atomic E-state index is -1.59. The third-order valence-electron chi connectivity index (χ3n) is 3.24. The van der Waals surface area contributed by atoms with Crippen molar-refractivity contribution in [2.45, 2.75) is 12.2 Å². The Bertz CT molecular complexity index is 636. The lowest BCUT2D eigenvalue weighted by atomic mass is 9.90. The maximum absolute atomic E-state index is 11.0. The van der Waals surface area contributed by atoms with Crippen molar-refractivity contribution in [3.8, 4) is 16.9 Å². The van der Waals surface area contributed by atoms with Crippen molar-refractivity contribution in [1.29, 1.82) is 0 Å². The van der Waals surface area contributed by atoms with Crippen molar-refractivity contribution >= 4 is 5.97 Å². The maximum Gasteiger partial charge on any atom is 0.336 e. The summed E-state index contributed by atoms with van der Waals surface area (Å²) in [7, 11) is 0. The first-order valence-corrected chi connectivity index (χ1v) is 5.94. The van der Waals surface area contributed by atoms with Crippen LogP contribution >= 0.6 is 0 Å². The van der Waals surface area contributed by atoms with Crippen LogP contribution in [0.25, 0.3) is 11.1 Å². The summed E-state index contributed by atoms with van der Waals surface area (Å²) in [6, 6.07) is 14.8. The van der Waals surface area contributed by atoms with Crippen molar-refractivity contribution < 1.29 is 19.7 Å². The molecule has 1 heterocycles. The number of aliphatic carboxylic acids is 1. The summed E-state index contributed by atoms with van der Waals surface area (Å²) in [4.78, 5) is 11.0. The molecule has 0 bridgehead atoms. The quantitative estimate of drug-likeness (QED) is 0.864. The molecular formula is C15H12O4. The Morgan fingerprint density at radius 1 is 1.05 bits per heavy atom. The summed E-state index contributed by atoms with van der Waals surface area (Å²) >= 11 is 0. The topological polar surface area (TPSA) is 66.8 Å². The van der Waals surface area contributed by atoms with Gasteiger partial charge < -0.3 is 14.9 Å². The average Bonchev–Trinajstić information content (AvgIpc) is 2.45. The molecule has 2 aromatic rings. The highest BCUT2D eigenvalue weighted by atomic mass is 16.5. The van der Waals surface area contributed by atoms with Crippen molar-refractivity contribution in [2.75, 3.05) is 0 Å². The highest BCUT2D eigenvalue weighted by Crippen LogP contribution is 2.43. The Morgan fingerprint density at radius 3 is 2.42 bits per heavy atom. The molecule has 0 aromatic heterocycles. The molecule has 0 radical (unpaired) electrons. The van der Waals surface area contributed by atoms with Crippen molar-refractivity contribution in [3.63, 3.8) is 0 Å². The summed E-state index contributed by atoms with van der Waals surface area (Å²) in [5.41, 5.74) is 2.50. The number of aliphatic hydroxyl groups is 1. The Kier molecular flexibility index (Phi) is 2.72. The fraction of sp³-hybridized carbons (Fsp3) is 0.133. The molecule has 2 unspecified atom stereocenters. The first-order chi connectivity index (χ1) is 9.18. The predicted octanol–water partition coefficient (Wildman–Crippen LogP) is 2.23. The number of rotatable bonds is 2. The Balaban J connectivity index is 2.17. The highest BCUT2D eigenvalue weighted by Gasteiger charge is 2.34. The van der Waals surface area contributed by atoms with Crippen LogP contribution in [0.15, 0.2) is 48.5 Å². The molecule has 2 aromatic carbocycles. The zero-order valence-electron chi connectivity index (χ0n) is 9.98. The number of fused-ring (bicyclic) bond motifs is 3. The second-order valence-corrected chi connectivity index (χ2v) is 4.40. The Morgan fingerprint density at radius 2 is 1.68 bits per heavy atom. The molecule has 0 amide bonds. The number of carboxylic acids is 1. The first-order valence-electron chi connectivity index (χ1n) is 5.94. The van der Waals surface area contributed by atoms with Gasteiger partial charge in [0, 0.05) is 11.1 Å². The minimum absolute atomic E-state index is 0.589. The monoisotopic (exact) mass is 256 g/mol. The van der Waals surface area contributed by atoms with Crippen molar-refractivity contribution in [1.82, 2.24) is 0 Å². The summed E-state index contributed by atoms with van der Waals surface area (Å²) in [5, 5.41) is 18.8. The molecule has 1 aliphatic heterocycles. The molecule has 2 N–H and O–H groups in total. The molecule has 19 heavy (non-hydrogen) atoms. The van der Waals surface area contributed by atoms with Gasteiger partial charge in [0.1, 0.15) is 5.75 Å². The number of ether oxygens (including phenoxy) is 1. The molecule has 0 aliphatic carbocycles. The molecule has 96 valence electrons. The minimum Gasteiger partial charge on any atom is -0.482 e. The van der Waals surface area contributed by atoms with E-state index in [0.717, 1.165) is 11.1 Å². The number of carbonyl (C=O) groups is 1. The molecule has 3 rings (SSSR count). The van der Waals surface area contributed by atoms with E-state index in [1.54, 1.807) is 18.2 Å². The molecule has 0 saturated carbocycles. The van der Waals surface area contributed by atoms with E-state index in [4.69, 9.17) is 9.84 Å². The van der Waals surface area contributed by atoms with Crippen LogP contribution < -0.4 is 4.74 Å². The van der Waals surface area contributed by atoms with Crippen LogP contribution in [0, 0.1) is 0 Å². The van der Waals surface area contributed by atoms with Crippen molar-refractivity contribution in [3.05, 3.63) is 54.1 Å². The van der Waals surface area contributed by atoms with Gasteiger partial charge in [0.15, 0.2) is 12.2 Å². The number of para-hydroxylation sites is 1. The molecule has 1 aliphatic rings. The third-order valence-corrected chi connectivity index (χ3v) is 3.24. The summed E-state index contributed by atoms with van der Waals surface area (Å²) < 4.78 is 5.65. The second kappa shape index (κ2) is 4.40. The van der Waals surface area contributed by atoms with E-state index in [0.29, 0.717) is 11.3 Å². The number of carboxylic acid groups (broad SMARTS) is 1. The third kappa shape index (κ3) is 1.86. The molecule has 4 nitrogen and oxygen atoms in total. The summed E-state index contributed by atoms with van der Waals surface area (Å²) in [5.74, 6) is -0.703. The van der Waals surface area contributed by atoms with Gasteiger partial charge in [0.05, 0.1) is 0 Å². The standard InChI is InChI=1S/C15H12O4/c16-13(15(17)18)14-11-7-2-1-5-9(11)10-6-3-4-8-12(10)19-14/h1-8,13-14,16H,(H,17,18). The van der Waals surface area contributed by atoms with Gasteiger partial charge in [-0.3, -0.25) is 0 Å². The van der Waals surface area contributed by atoms with E-state index in [2.05, 4.69) is 0 Å². The van der Waals surface area contributed by atoms with Gasteiger partial charge in [-0.2, -0.15) is 0 Å². The largest absolute Gasteiger partial charge is 0.482 e. The normalized spacial score (nSPS) is 17.8. The van der Waals surface area contributed by atoms with Gasteiger partial charge in [0.25, 0.3) is 0 Å². The van der Waals surface area contributed by atoms with Gasteiger partial charge in [0.2, 0.25) is 0 Å². The van der Waals surface area contributed by atoms with Crippen LogP contribution in [0.4, 0.5) is 0 Å². The van der Waals surface area contributed by atoms with Gasteiger partial charge in [-0.15, -0.1) is 0 Å². The van der Waals surface area contributed by atoms with Crippen LogP contribution in [0.2, 0.25) is 0 Å². The van der Waals surface area contributed by atoms with Crippen LogP contribution in [0.3, 0.4) is 0 Å². The number of hydrogen-bond acceptors (Lipinski definition) is 3. The lowest BCUT2D eigenvalue weighted by Gasteiger charge is -2.30. The van der Waals surface area contributed by atoms with Crippen LogP contribution in [-0.2, 0) is 4.79 Å². The van der Waals surface area contributed by atoms with Crippen LogP contribution in [0.5, 0.6) is 5.75 Å². The maximum atomic E-state index is 11.0. The summed E-state index contributed by atoms with van der Waals surface area (Å²) in [6.45, 7) is 0. The summed E-state index contributed by atoms with van der Waals surface area (Å²) in [6.07, 6.45) is -2.47. The molecular weight excluding hydrogens is 244 g/mol. The van der Waals surface area contributed by atoms with E-state index in [-0.39, 0.29) is 0 Å². The molecule has 0 spiro atoms. The zero-order chi connectivity index (χ0) is 13.4. The predicted molar refractivity (Wildman–Crippen MR) is 68.9 cm³/mol. The van der Waals surface area contributed by atoms with Gasteiger partial charge >= 0.3 is 5.97 Å². The second-order valence-electron chi connectivity index (χ2n) is 4.40. The molecule has 0 fully saturated rings. The van der Waals surface area contributed by atoms with E-state index in [1.165, 1.54) is 0 Å². The molecule has 4 heteroatoms. The lowest BCUT2D eigenvalue weighted by molar-refractivity contribution is -0.152. The Labute approximate surface area is 109 Å². The Hall–Kier alpha value is -2.33. The number of aliphatic hydroxyl groups excluding tert-OH is 1. The van der Waals surface area contributed by atoms with Crippen molar-refractivity contribution in [2.24, 2.45) is 0 Å². The van der Waals surface area contributed by atoms with E-state index < -0.39 is 18.2 Å². The molecule has 0 saturated heterocycles. The fourth-order valence-electron chi connectivity index (χ4n) is 2.35. The van der Waals surface area contributed by atoms with Crippen LogP contribution in [0.1, 0.15) is 11.7 Å². The number of hydrogen-bond donors (Lipinski definition) is 2. The van der Waals surface area contributed by atoms with Gasteiger partial charge in [-0.1, -0.05) is 42.5 Å².